The second-order valence-corrected chi connectivity index (χ2v) is 4.79. The molecule has 1 fully saturated rings. The third-order valence-electron chi connectivity index (χ3n) is 3.48. The monoisotopic (exact) mass is 220 g/mol. The van der Waals surface area contributed by atoms with Crippen molar-refractivity contribution in [3.63, 3.8) is 0 Å². The van der Waals surface area contributed by atoms with Gasteiger partial charge in [-0.05, 0) is 31.2 Å². The molecule has 0 bridgehead atoms. The van der Waals surface area contributed by atoms with E-state index in [1.807, 2.05) is 30.3 Å². The maximum absolute atomic E-state index is 10.1. The lowest BCUT2D eigenvalue weighted by Crippen LogP contribution is -3.12. The molecule has 0 saturated carbocycles. The van der Waals surface area contributed by atoms with Crippen molar-refractivity contribution in [1.29, 1.82) is 0 Å². The smallest absolute Gasteiger partial charge is 0.128 e. The summed E-state index contributed by atoms with van der Waals surface area (Å²) in [6, 6.07) is 10.0. The fourth-order valence-corrected chi connectivity index (χ4v) is 2.50. The summed E-state index contributed by atoms with van der Waals surface area (Å²) in [5.41, 5.74) is 1.05. The fourth-order valence-electron chi connectivity index (χ4n) is 2.50. The van der Waals surface area contributed by atoms with E-state index in [4.69, 9.17) is 0 Å². The molecule has 0 radical (unpaired) electrons. The van der Waals surface area contributed by atoms with Gasteiger partial charge in [0.15, 0.2) is 0 Å². The van der Waals surface area contributed by atoms with E-state index >= 15 is 0 Å². The maximum atomic E-state index is 10.1. The SMILES string of the molecule is O[C@@H](C[NH+]1CCCCCC1)c1ccccc1. The molecule has 0 aromatic heterocycles. The Labute approximate surface area is 97.9 Å². The molecule has 2 heteroatoms. The lowest BCUT2D eigenvalue weighted by molar-refractivity contribution is -0.903. The molecule has 1 aromatic carbocycles. The molecular formula is C14H22NO+. The van der Waals surface area contributed by atoms with E-state index in [-0.39, 0.29) is 6.10 Å². The van der Waals surface area contributed by atoms with Crippen LogP contribution >= 0.6 is 0 Å². The van der Waals surface area contributed by atoms with Crippen LogP contribution in [-0.2, 0) is 0 Å². The zero-order valence-electron chi connectivity index (χ0n) is 9.86. The lowest BCUT2D eigenvalue weighted by Gasteiger charge is -2.20. The van der Waals surface area contributed by atoms with Crippen molar-refractivity contribution >= 4 is 0 Å². The average Bonchev–Trinajstić information content (AvgIpc) is 2.59. The van der Waals surface area contributed by atoms with Crippen LogP contribution in [0.4, 0.5) is 0 Å². The van der Waals surface area contributed by atoms with Gasteiger partial charge in [0.2, 0.25) is 0 Å². The van der Waals surface area contributed by atoms with Gasteiger partial charge in [-0.3, -0.25) is 0 Å². The minimum atomic E-state index is -0.297. The highest BCUT2D eigenvalue weighted by atomic mass is 16.3. The molecular weight excluding hydrogens is 198 g/mol. The summed E-state index contributed by atoms with van der Waals surface area (Å²) in [6.45, 7) is 3.32. The normalized spacial score (nSPS) is 20.3. The van der Waals surface area contributed by atoms with E-state index in [1.165, 1.54) is 38.8 Å². The van der Waals surface area contributed by atoms with Crippen LogP contribution in [0.15, 0.2) is 30.3 Å². The predicted molar refractivity (Wildman–Crippen MR) is 65.4 cm³/mol. The van der Waals surface area contributed by atoms with Crippen molar-refractivity contribution in [3.8, 4) is 0 Å². The molecule has 16 heavy (non-hydrogen) atoms. The standard InChI is InChI=1S/C14H21NO/c16-14(13-8-4-3-5-9-13)12-15-10-6-1-2-7-11-15/h3-5,8-9,14,16H,1-2,6-7,10-12H2/p+1/t14-/m0/s1. The third-order valence-corrected chi connectivity index (χ3v) is 3.48. The number of hydrogen-bond donors (Lipinski definition) is 2. The molecule has 0 amide bonds. The average molecular weight is 220 g/mol. The van der Waals surface area contributed by atoms with Gasteiger partial charge in [0.1, 0.15) is 12.6 Å². The van der Waals surface area contributed by atoms with Crippen molar-refractivity contribution in [1.82, 2.24) is 0 Å². The number of nitrogens with one attached hydrogen (secondary N) is 1. The highest BCUT2D eigenvalue weighted by Gasteiger charge is 2.17. The second kappa shape index (κ2) is 6.02. The maximum Gasteiger partial charge on any atom is 0.128 e. The van der Waals surface area contributed by atoms with Gasteiger partial charge in [0.25, 0.3) is 0 Å². The summed E-state index contributed by atoms with van der Waals surface area (Å²) in [7, 11) is 0. The summed E-state index contributed by atoms with van der Waals surface area (Å²) in [4.78, 5) is 1.56. The van der Waals surface area contributed by atoms with Crippen LogP contribution in [0.25, 0.3) is 0 Å². The number of quaternary nitrogens is 1. The van der Waals surface area contributed by atoms with Gasteiger partial charge in [0.05, 0.1) is 13.1 Å². The zero-order chi connectivity index (χ0) is 11.2. The topological polar surface area (TPSA) is 24.7 Å². The molecule has 1 saturated heterocycles. The largest absolute Gasteiger partial charge is 0.382 e. The molecule has 1 heterocycles. The van der Waals surface area contributed by atoms with E-state index in [2.05, 4.69) is 0 Å². The molecule has 0 spiro atoms. The first-order chi connectivity index (χ1) is 7.86. The van der Waals surface area contributed by atoms with E-state index in [1.54, 1.807) is 4.90 Å². The number of aliphatic hydroxyl groups excluding tert-OH is 1. The van der Waals surface area contributed by atoms with Crippen LogP contribution in [-0.4, -0.2) is 24.7 Å². The van der Waals surface area contributed by atoms with Gasteiger partial charge >= 0.3 is 0 Å². The second-order valence-electron chi connectivity index (χ2n) is 4.79. The molecule has 1 aliphatic heterocycles. The van der Waals surface area contributed by atoms with Crippen molar-refractivity contribution in [2.75, 3.05) is 19.6 Å². The van der Waals surface area contributed by atoms with Crippen molar-refractivity contribution in [2.24, 2.45) is 0 Å². The molecule has 0 aliphatic carbocycles. The van der Waals surface area contributed by atoms with Crippen LogP contribution in [0.1, 0.15) is 37.4 Å². The summed E-state index contributed by atoms with van der Waals surface area (Å²) >= 11 is 0. The van der Waals surface area contributed by atoms with Crippen molar-refractivity contribution in [3.05, 3.63) is 35.9 Å². The van der Waals surface area contributed by atoms with Gasteiger partial charge in [-0.2, -0.15) is 0 Å². The Morgan fingerprint density at radius 3 is 2.25 bits per heavy atom. The Bertz CT molecular complexity index is 291. The van der Waals surface area contributed by atoms with Gasteiger partial charge in [-0.15, -0.1) is 0 Å². The Hall–Kier alpha value is -0.860. The first-order valence-electron chi connectivity index (χ1n) is 6.43. The Balaban J connectivity index is 1.88. The predicted octanol–water partition coefficient (Wildman–Crippen LogP) is 1.18. The fraction of sp³-hybridized carbons (Fsp3) is 0.571. The van der Waals surface area contributed by atoms with Crippen LogP contribution in [0.2, 0.25) is 0 Å². The summed E-state index contributed by atoms with van der Waals surface area (Å²) in [5, 5.41) is 10.1. The minimum Gasteiger partial charge on any atom is -0.382 e. The molecule has 2 nitrogen and oxygen atoms in total. The van der Waals surface area contributed by atoms with Crippen LogP contribution in [0, 0.1) is 0 Å². The van der Waals surface area contributed by atoms with Crippen molar-refractivity contribution in [2.45, 2.75) is 31.8 Å². The number of likely N-dealkylation sites (tertiary alicyclic amines) is 1. The summed E-state index contributed by atoms with van der Waals surface area (Å²) in [5.74, 6) is 0. The van der Waals surface area contributed by atoms with Crippen LogP contribution < -0.4 is 4.90 Å². The minimum absolute atomic E-state index is 0.297. The molecule has 2 rings (SSSR count). The molecule has 1 aromatic rings. The first-order valence-corrected chi connectivity index (χ1v) is 6.43. The highest BCUT2D eigenvalue weighted by molar-refractivity contribution is 5.17. The quantitative estimate of drug-likeness (QED) is 0.785. The molecule has 1 atom stereocenters. The summed E-state index contributed by atoms with van der Waals surface area (Å²) < 4.78 is 0. The van der Waals surface area contributed by atoms with Crippen LogP contribution in [0.5, 0.6) is 0 Å². The van der Waals surface area contributed by atoms with Gasteiger partial charge in [-0.1, -0.05) is 30.3 Å². The van der Waals surface area contributed by atoms with E-state index in [0.29, 0.717) is 0 Å². The molecule has 1 aliphatic rings. The van der Waals surface area contributed by atoms with E-state index in [0.717, 1.165) is 12.1 Å². The lowest BCUT2D eigenvalue weighted by atomic mass is 10.1. The van der Waals surface area contributed by atoms with Gasteiger partial charge in [0, 0.05) is 0 Å². The highest BCUT2D eigenvalue weighted by Crippen LogP contribution is 2.10. The number of aliphatic hydroxyl groups is 1. The zero-order valence-corrected chi connectivity index (χ0v) is 9.86. The Kier molecular flexibility index (Phi) is 4.37. The Morgan fingerprint density at radius 2 is 1.62 bits per heavy atom. The molecule has 88 valence electrons. The number of rotatable bonds is 3. The molecule has 2 N–H and O–H groups in total. The molecule has 0 unspecified atom stereocenters. The van der Waals surface area contributed by atoms with E-state index < -0.39 is 0 Å². The summed E-state index contributed by atoms with van der Waals surface area (Å²) in [6.07, 6.45) is 5.07. The first kappa shape index (κ1) is 11.6. The third kappa shape index (κ3) is 3.32. The number of benzene rings is 1. The number of hydrogen-bond acceptors (Lipinski definition) is 1. The van der Waals surface area contributed by atoms with Crippen LogP contribution in [0.3, 0.4) is 0 Å². The van der Waals surface area contributed by atoms with Crippen molar-refractivity contribution < 1.29 is 10.0 Å². The van der Waals surface area contributed by atoms with Gasteiger partial charge < -0.3 is 10.0 Å². The van der Waals surface area contributed by atoms with E-state index in [9.17, 15) is 5.11 Å². The van der Waals surface area contributed by atoms with Gasteiger partial charge in [-0.25, -0.2) is 0 Å². The Morgan fingerprint density at radius 1 is 1.00 bits per heavy atom.